The molecule has 2 rings (SSSR count). The van der Waals surface area contributed by atoms with Crippen molar-refractivity contribution in [1.29, 1.82) is 0 Å². The van der Waals surface area contributed by atoms with Crippen LogP contribution in [0.2, 0.25) is 0 Å². The molecule has 0 fully saturated rings. The Balaban J connectivity index is 1.86. The van der Waals surface area contributed by atoms with Crippen LogP contribution in [0.15, 0.2) is 30.3 Å². The molecule has 0 atom stereocenters. The minimum atomic E-state index is -0.0233. The largest absolute Gasteiger partial charge is 0.301 e. The highest BCUT2D eigenvalue weighted by Gasteiger charge is 2.11. The zero-order valence-electron chi connectivity index (χ0n) is 12.7. The number of hydrogen-bond donors (Lipinski definition) is 1. The first-order chi connectivity index (χ1) is 10.1. The summed E-state index contributed by atoms with van der Waals surface area (Å²) in [5.74, 6) is -0.0233. The summed E-state index contributed by atoms with van der Waals surface area (Å²) in [4.78, 5) is 19.6. The van der Waals surface area contributed by atoms with Crippen LogP contribution < -0.4 is 5.32 Å². The minimum Gasteiger partial charge on any atom is -0.301 e. The quantitative estimate of drug-likeness (QED) is 0.892. The third kappa shape index (κ3) is 4.65. The van der Waals surface area contributed by atoms with Crippen LogP contribution in [0.25, 0.3) is 0 Å². The van der Waals surface area contributed by atoms with Gasteiger partial charge in [0.25, 0.3) is 0 Å². The van der Waals surface area contributed by atoms with Gasteiger partial charge in [-0.3, -0.25) is 9.69 Å². The maximum absolute atomic E-state index is 12.0. The van der Waals surface area contributed by atoms with Crippen LogP contribution in [0.1, 0.15) is 23.1 Å². The molecule has 0 radical (unpaired) electrons. The molecular weight excluding hydrogens is 282 g/mol. The summed E-state index contributed by atoms with van der Waals surface area (Å²) in [6, 6.07) is 10.1. The van der Waals surface area contributed by atoms with Gasteiger partial charge in [-0.2, -0.15) is 0 Å². The topological polar surface area (TPSA) is 45.2 Å². The van der Waals surface area contributed by atoms with E-state index in [0.29, 0.717) is 11.7 Å². The van der Waals surface area contributed by atoms with Crippen molar-refractivity contribution in [2.24, 2.45) is 0 Å². The van der Waals surface area contributed by atoms with Gasteiger partial charge in [0.05, 0.1) is 12.2 Å². The second-order valence-corrected chi connectivity index (χ2v) is 6.28. The van der Waals surface area contributed by atoms with Gasteiger partial charge in [-0.25, -0.2) is 4.98 Å². The number of benzene rings is 1. The second-order valence-electron chi connectivity index (χ2n) is 5.08. The number of aromatic nitrogens is 1. The molecule has 0 saturated carbocycles. The molecule has 1 N–H and O–H groups in total. The number of aryl methyl sites for hydroxylation is 2. The molecule has 1 heterocycles. The summed E-state index contributed by atoms with van der Waals surface area (Å²) in [5, 5.41) is 3.58. The fraction of sp³-hybridized carbons (Fsp3) is 0.375. The molecule has 0 saturated heterocycles. The van der Waals surface area contributed by atoms with Crippen LogP contribution in [0.5, 0.6) is 0 Å². The first kappa shape index (κ1) is 15.7. The number of anilines is 1. The molecule has 0 spiro atoms. The van der Waals surface area contributed by atoms with Crippen molar-refractivity contribution in [2.45, 2.75) is 26.8 Å². The smallest absolute Gasteiger partial charge is 0.240 e. The Bertz CT molecular complexity index is 595. The van der Waals surface area contributed by atoms with Crippen LogP contribution in [-0.4, -0.2) is 29.4 Å². The fourth-order valence-electron chi connectivity index (χ4n) is 2.16. The van der Waals surface area contributed by atoms with Crippen LogP contribution >= 0.6 is 11.3 Å². The highest BCUT2D eigenvalue weighted by Crippen LogP contribution is 2.22. The number of likely N-dealkylation sites (N-methyl/N-ethyl adjacent to an activating group) is 1. The zero-order valence-corrected chi connectivity index (χ0v) is 13.5. The first-order valence-corrected chi connectivity index (χ1v) is 7.88. The summed E-state index contributed by atoms with van der Waals surface area (Å²) in [5.41, 5.74) is 2.26. The number of nitrogens with zero attached hydrogens (tertiary/aromatic N) is 2. The van der Waals surface area contributed by atoms with Crippen molar-refractivity contribution in [1.82, 2.24) is 9.88 Å². The second kappa shape index (κ2) is 7.33. The molecule has 4 nitrogen and oxygen atoms in total. The summed E-state index contributed by atoms with van der Waals surface area (Å²) in [7, 11) is 1.94. The van der Waals surface area contributed by atoms with Crippen LogP contribution in [0.3, 0.4) is 0 Å². The van der Waals surface area contributed by atoms with E-state index in [1.807, 2.05) is 37.1 Å². The standard InChI is InChI=1S/C16H21N3OS/c1-4-14-12(2)21-16(17-14)18-15(20)11-19(3)10-13-8-6-5-7-9-13/h5-9H,4,10-11H2,1-3H3,(H,17,18,20). The molecule has 1 aromatic heterocycles. The predicted molar refractivity (Wildman–Crippen MR) is 87.6 cm³/mol. The van der Waals surface area contributed by atoms with Gasteiger partial charge in [-0.05, 0) is 26.0 Å². The van der Waals surface area contributed by atoms with Crippen LogP contribution in [-0.2, 0) is 17.8 Å². The Kier molecular flexibility index (Phi) is 5.47. The molecule has 1 amide bonds. The van der Waals surface area contributed by atoms with Crippen LogP contribution in [0.4, 0.5) is 5.13 Å². The van der Waals surface area contributed by atoms with Gasteiger partial charge in [0.1, 0.15) is 0 Å². The van der Waals surface area contributed by atoms with E-state index in [9.17, 15) is 4.79 Å². The highest BCUT2D eigenvalue weighted by atomic mass is 32.1. The number of carbonyl (C=O) groups is 1. The number of nitrogens with one attached hydrogen (secondary N) is 1. The molecule has 0 aliphatic carbocycles. The summed E-state index contributed by atoms with van der Waals surface area (Å²) >= 11 is 1.54. The average Bonchev–Trinajstić information content (AvgIpc) is 2.79. The lowest BCUT2D eigenvalue weighted by molar-refractivity contribution is -0.117. The van der Waals surface area contributed by atoms with E-state index >= 15 is 0 Å². The van der Waals surface area contributed by atoms with Crippen molar-refractivity contribution >= 4 is 22.4 Å². The molecule has 2 aromatic rings. The molecular formula is C16H21N3OS. The van der Waals surface area contributed by atoms with Crippen molar-refractivity contribution in [3.63, 3.8) is 0 Å². The summed E-state index contributed by atoms with van der Waals surface area (Å²) in [6.07, 6.45) is 0.895. The van der Waals surface area contributed by atoms with Gasteiger partial charge in [-0.15, -0.1) is 11.3 Å². The molecule has 0 aliphatic heterocycles. The van der Waals surface area contributed by atoms with Gasteiger partial charge in [0, 0.05) is 11.4 Å². The van der Waals surface area contributed by atoms with Crippen LogP contribution in [0, 0.1) is 6.92 Å². The Morgan fingerprint density at radius 3 is 2.67 bits per heavy atom. The lowest BCUT2D eigenvalue weighted by Crippen LogP contribution is -2.29. The van der Waals surface area contributed by atoms with E-state index in [0.717, 1.165) is 18.7 Å². The Morgan fingerprint density at radius 1 is 1.33 bits per heavy atom. The number of rotatable bonds is 6. The van der Waals surface area contributed by atoms with Gasteiger partial charge in [0.2, 0.25) is 5.91 Å². The molecule has 0 aliphatic rings. The van der Waals surface area contributed by atoms with Gasteiger partial charge >= 0.3 is 0 Å². The van der Waals surface area contributed by atoms with Crippen molar-refractivity contribution in [3.05, 3.63) is 46.5 Å². The lowest BCUT2D eigenvalue weighted by Gasteiger charge is -2.15. The Labute approximate surface area is 129 Å². The molecule has 21 heavy (non-hydrogen) atoms. The number of hydrogen-bond acceptors (Lipinski definition) is 4. The molecule has 5 heteroatoms. The third-order valence-corrected chi connectivity index (χ3v) is 4.11. The zero-order chi connectivity index (χ0) is 15.2. The monoisotopic (exact) mass is 303 g/mol. The van der Waals surface area contributed by atoms with E-state index in [-0.39, 0.29) is 5.91 Å². The fourth-order valence-corrected chi connectivity index (χ4v) is 3.08. The number of amides is 1. The highest BCUT2D eigenvalue weighted by molar-refractivity contribution is 7.15. The average molecular weight is 303 g/mol. The van der Waals surface area contributed by atoms with E-state index in [4.69, 9.17) is 0 Å². The molecule has 0 bridgehead atoms. The van der Waals surface area contributed by atoms with Crippen molar-refractivity contribution in [3.8, 4) is 0 Å². The van der Waals surface area contributed by atoms with E-state index in [1.165, 1.54) is 21.8 Å². The maximum Gasteiger partial charge on any atom is 0.240 e. The number of carbonyl (C=O) groups excluding carboxylic acids is 1. The molecule has 0 unspecified atom stereocenters. The minimum absolute atomic E-state index is 0.0233. The third-order valence-electron chi connectivity index (χ3n) is 3.18. The molecule has 1 aromatic carbocycles. The maximum atomic E-state index is 12.0. The first-order valence-electron chi connectivity index (χ1n) is 7.07. The van der Waals surface area contributed by atoms with E-state index in [2.05, 4.69) is 29.4 Å². The predicted octanol–water partition coefficient (Wildman–Crippen LogP) is 3.08. The number of thiazole rings is 1. The van der Waals surface area contributed by atoms with Crippen molar-refractivity contribution in [2.75, 3.05) is 18.9 Å². The molecule has 112 valence electrons. The Morgan fingerprint density at radius 2 is 2.05 bits per heavy atom. The summed E-state index contributed by atoms with van der Waals surface area (Å²) in [6.45, 7) is 5.22. The van der Waals surface area contributed by atoms with Gasteiger partial charge in [-0.1, -0.05) is 37.3 Å². The Hall–Kier alpha value is -1.72. The summed E-state index contributed by atoms with van der Waals surface area (Å²) < 4.78 is 0. The lowest BCUT2D eigenvalue weighted by atomic mass is 10.2. The van der Waals surface area contributed by atoms with Gasteiger partial charge < -0.3 is 5.32 Å². The van der Waals surface area contributed by atoms with Gasteiger partial charge in [0.15, 0.2) is 5.13 Å². The normalized spacial score (nSPS) is 10.9. The van der Waals surface area contributed by atoms with E-state index in [1.54, 1.807) is 0 Å². The van der Waals surface area contributed by atoms with Crippen molar-refractivity contribution < 1.29 is 4.79 Å². The van der Waals surface area contributed by atoms with E-state index < -0.39 is 0 Å². The SMILES string of the molecule is CCc1nc(NC(=O)CN(C)Cc2ccccc2)sc1C.